The number of hydrogen-bond donors (Lipinski definition) is 1. The number of aryl methyl sites for hydroxylation is 1. The molecule has 2 aromatic rings. The molecular formula is C13H21N5O2. The van der Waals surface area contributed by atoms with Gasteiger partial charge in [0.25, 0.3) is 5.89 Å². The maximum Gasteiger partial charge on any atom is 0.261 e. The lowest BCUT2D eigenvalue weighted by Gasteiger charge is -2.19. The van der Waals surface area contributed by atoms with Gasteiger partial charge in [0.1, 0.15) is 5.54 Å². The molecule has 1 unspecified atom stereocenters. The van der Waals surface area contributed by atoms with Crippen molar-refractivity contribution in [3.05, 3.63) is 17.7 Å². The van der Waals surface area contributed by atoms with E-state index in [1.807, 2.05) is 27.8 Å². The molecule has 0 aromatic carbocycles. The molecule has 20 heavy (non-hydrogen) atoms. The lowest BCUT2D eigenvalue weighted by Crippen LogP contribution is -2.39. The number of rotatable bonds is 6. The fourth-order valence-corrected chi connectivity index (χ4v) is 1.77. The summed E-state index contributed by atoms with van der Waals surface area (Å²) in [7, 11) is 1.86. The lowest BCUT2D eigenvalue weighted by atomic mass is 10.1. The average Bonchev–Trinajstić information content (AvgIpc) is 2.99. The maximum atomic E-state index is 6.18. The summed E-state index contributed by atoms with van der Waals surface area (Å²) in [4.78, 5) is 4.37. The van der Waals surface area contributed by atoms with E-state index in [2.05, 4.69) is 15.2 Å². The summed E-state index contributed by atoms with van der Waals surface area (Å²) in [5, 5.41) is 8.12. The highest BCUT2D eigenvalue weighted by atomic mass is 16.5. The van der Waals surface area contributed by atoms with Gasteiger partial charge >= 0.3 is 0 Å². The second-order valence-electron chi connectivity index (χ2n) is 5.16. The van der Waals surface area contributed by atoms with Crippen LogP contribution in [0.15, 0.2) is 10.7 Å². The average molecular weight is 279 g/mol. The normalized spacial score (nSPS) is 14.4. The number of aromatic nitrogens is 4. The summed E-state index contributed by atoms with van der Waals surface area (Å²) in [5.41, 5.74) is 7.19. The molecule has 0 fully saturated rings. The molecule has 0 aliphatic rings. The van der Waals surface area contributed by atoms with Crippen molar-refractivity contribution in [2.75, 3.05) is 13.2 Å². The molecule has 2 rings (SSSR count). The Morgan fingerprint density at radius 1 is 1.50 bits per heavy atom. The van der Waals surface area contributed by atoms with Crippen LogP contribution in [-0.2, 0) is 17.3 Å². The minimum atomic E-state index is -0.771. The topological polar surface area (TPSA) is 92.0 Å². The van der Waals surface area contributed by atoms with Gasteiger partial charge in [0, 0.05) is 19.3 Å². The van der Waals surface area contributed by atoms with Crippen LogP contribution in [0, 0.1) is 6.92 Å². The van der Waals surface area contributed by atoms with Crippen LogP contribution in [0.5, 0.6) is 0 Å². The number of nitrogens with two attached hydrogens (primary N) is 1. The van der Waals surface area contributed by atoms with Crippen molar-refractivity contribution < 1.29 is 9.26 Å². The van der Waals surface area contributed by atoms with Crippen molar-refractivity contribution in [2.24, 2.45) is 12.8 Å². The minimum absolute atomic E-state index is 0.353. The van der Waals surface area contributed by atoms with E-state index in [0.29, 0.717) is 24.9 Å². The first-order valence-electron chi connectivity index (χ1n) is 6.65. The molecule has 7 nitrogen and oxygen atoms in total. The Labute approximate surface area is 118 Å². The molecule has 0 saturated carbocycles. The molecule has 0 bridgehead atoms. The van der Waals surface area contributed by atoms with Crippen LogP contribution in [0.4, 0.5) is 0 Å². The number of nitrogens with zero attached hydrogens (tertiary/aromatic N) is 4. The van der Waals surface area contributed by atoms with E-state index in [4.69, 9.17) is 15.0 Å². The molecule has 0 radical (unpaired) electrons. The van der Waals surface area contributed by atoms with Crippen LogP contribution in [0.2, 0.25) is 0 Å². The highest BCUT2D eigenvalue weighted by Crippen LogP contribution is 2.23. The molecular weight excluding hydrogens is 258 g/mol. The molecule has 2 heterocycles. The standard InChI is InChI=1S/C13H21N5O2/c1-5-6-19-8-13(3,14)12-16-11(20-17-12)10-7-15-18(4)9(10)2/h7H,5-6,8,14H2,1-4H3. The van der Waals surface area contributed by atoms with Gasteiger partial charge in [-0.3, -0.25) is 4.68 Å². The van der Waals surface area contributed by atoms with Gasteiger partial charge in [0.2, 0.25) is 0 Å². The van der Waals surface area contributed by atoms with E-state index in [0.717, 1.165) is 17.7 Å². The van der Waals surface area contributed by atoms with E-state index in [9.17, 15) is 0 Å². The van der Waals surface area contributed by atoms with Crippen molar-refractivity contribution >= 4 is 0 Å². The van der Waals surface area contributed by atoms with Gasteiger partial charge in [-0.15, -0.1) is 0 Å². The first-order valence-corrected chi connectivity index (χ1v) is 6.65. The summed E-state index contributed by atoms with van der Waals surface area (Å²) in [6.45, 7) is 6.84. The predicted molar refractivity (Wildman–Crippen MR) is 73.9 cm³/mol. The molecule has 0 spiro atoms. The molecule has 2 aromatic heterocycles. The van der Waals surface area contributed by atoms with Crippen molar-refractivity contribution in [3.63, 3.8) is 0 Å². The first-order chi connectivity index (χ1) is 9.45. The molecule has 110 valence electrons. The van der Waals surface area contributed by atoms with Crippen molar-refractivity contribution in [1.82, 2.24) is 19.9 Å². The first kappa shape index (κ1) is 14.7. The van der Waals surface area contributed by atoms with Crippen molar-refractivity contribution in [3.8, 4) is 11.5 Å². The molecule has 0 saturated heterocycles. The lowest BCUT2D eigenvalue weighted by molar-refractivity contribution is 0.0867. The maximum absolute atomic E-state index is 6.18. The summed E-state index contributed by atoms with van der Waals surface area (Å²) in [6.07, 6.45) is 2.65. The Bertz CT molecular complexity index is 573. The number of hydrogen-bond acceptors (Lipinski definition) is 6. The zero-order valence-electron chi connectivity index (χ0n) is 12.4. The third-order valence-corrected chi connectivity index (χ3v) is 3.15. The van der Waals surface area contributed by atoms with Gasteiger partial charge in [0.15, 0.2) is 5.82 Å². The van der Waals surface area contributed by atoms with E-state index in [1.54, 1.807) is 10.9 Å². The Morgan fingerprint density at radius 2 is 2.25 bits per heavy atom. The molecule has 2 N–H and O–H groups in total. The largest absolute Gasteiger partial charge is 0.379 e. The van der Waals surface area contributed by atoms with Gasteiger partial charge in [-0.05, 0) is 20.3 Å². The predicted octanol–water partition coefficient (Wildman–Crippen LogP) is 1.38. The van der Waals surface area contributed by atoms with E-state index < -0.39 is 5.54 Å². The van der Waals surface area contributed by atoms with Crippen LogP contribution >= 0.6 is 0 Å². The Morgan fingerprint density at radius 3 is 2.85 bits per heavy atom. The SMILES string of the molecule is CCCOCC(C)(N)c1noc(-c2cnn(C)c2C)n1. The monoisotopic (exact) mass is 279 g/mol. The fourth-order valence-electron chi connectivity index (χ4n) is 1.77. The van der Waals surface area contributed by atoms with Gasteiger partial charge < -0.3 is 15.0 Å². The highest BCUT2D eigenvalue weighted by Gasteiger charge is 2.28. The Kier molecular flexibility index (Phi) is 4.20. The summed E-state index contributed by atoms with van der Waals surface area (Å²) < 4.78 is 12.5. The van der Waals surface area contributed by atoms with E-state index in [1.165, 1.54) is 0 Å². The molecule has 0 aliphatic carbocycles. The van der Waals surface area contributed by atoms with Gasteiger partial charge in [-0.2, -0.15) is 10.1 Å². The number of ether oxygens (including phenoxy) is 1. The summed E-state index contributed by atoms with van der Waals surface area (Å²) in [6, 6.07) is 0. The third kappa shape index (κ3) is 2.88. The molecule has 0 aliphatic heterocycles. The van der Waals surface area contributed by atoms with Crippen molar-refractivity contribution in [1.29, 1.82) is 0 Å². The molecule has 1 atom stereocenters. The molecule has 0 amide bonds. The fraction of sp³-hybridized carbons (Fsp3) is 0.615. The highest BCUT2D eigenvalue weighted by molar-refractivity contribution is 5.54. The summed E-state index contributed by atoms with van der Waals surface area (Å²) in [5.74, 6) is 0.865. The van der Waals surface area contributed by atoms with E-state index in [-0.39, 0.29) is 0 Å². The third-order valence-electron chi connectivity index (χ3n) is 3.15. The van der Waals surface area contributed by atoms with Gasteiger partial charge in [-0.1, -0.05) is 12.1 Å². The quantitative estimate of drug-likeness (QED) is 0.803. The van der Waals surface area contributed by atoms with Crippen LogP contribution in [0.3, 0.4) is 0 Å². The van der Waals surface area contributed by atoms with Crippen LogP contribution in [0.25, 0.3) is 11.5 Å². The van der Waals surface area contributed by atoms with E-state index >= 15 is 0 Å². The van der Waals surface area contributed by atoms with Crippen LogP contribution < -0.4 is 5.73 Å². The summed E-state index contributed by atoms with van der Waals surface area (Å²) >= 11 is 0. The second-order valence-corrected chi connectivity index (χ2v) is 5.16. The minimum Gasteiger partial charge on any atom is -0.379 e. The van der Waals surface area contributed by atoms with Gasteiger partial charge in [-0.25, -0.2) is 0 Å². The zero-order chi connectivity index (χ0) is 14.8. The van der Waals surface area contributed by atoms with Crippen LogP contribution in [-0.4, -0.2) is 33.1 Å². The van der Waals surface area contributed by atoms with Gasteiger partial charge in [0.05, 0.1) is 18.4 Å². The zero-order valence-corrected chi connectivity index (χ0v) is 12.4. The Hall–Kier alpha value is -1.73. The Balaban J connectivity index is 2.18. The smallest absolute Gasteiger partial charge is 0.261 e. The van der Waals surface area contributed by atoms with Crippen LogP contribution in [0.1, 0.15) is 31.8 Å². The molecule has 7 heteroatoms. The van der Waals surface area contributed by atoms with Crippen molar-refractivity contribution in [2.45, 2.75) is 32.7 Å². The second kappa shape index (κ2) is 5.72.